The molecule has 142 valence electrons. The van der Waals surface area contributed by atoms with Gasteiger partial charge in [-0.25, -0.2) is 0 Å². The van der Waals surface area contributed by atoms with Crippen LogP contribution in [0.1, 0.15) is 17.9 Å². The highest BCUT2D eigenvalue weighted by Crippen LogP contribution is 2.33. The fourth-order valence-corrected chi connectivity index (χ4v) is 3.60. The number of aliphatic imine (C=N–C) groups is 1. The van der Waals surface area contributed by atoms with E-state index in [2.05, 4.69) is 20.6 Å². The van der Waals surface area contributed by atoms with Gasteiger partial charge in [0.1, 0.15) is 5.92 Å². The minimum Gasteiger partial charge on any atom is -0.384 e. The quantitative estimate of drug-likeness (QED) is 0.434. The Morgan fingerprint density at radius 1 is 1.14 bits per heavy atom. The minimum absolute atomic E-state index is 0.0685. The molecule has 3 aromatic rings. The molecule has 7 heteroatoms. The highest BCUT2D eigenvalue weighted by molar-refractivity contribution is 6.31. The molecule has 0 saturated carbocycles. The number of carbonyl (C=O) groups is 1. The summed E-state index contributed by atoms with van der Waals surface area (Å²) in [4.78, 5) is 20.9. The first kappa shape index (κ1) is 18.7. The Kier molecular flexibility index (Phi) is 5.46. The number of carbonyl (C=O) groups excluding carboxylic acids is 1. The van der Waals surface area contributed by atoms with E-state index in [0.717, 1.165) is 40.8 Å². The summed E-state index contributed by atoms with van der Waals surface area (Å²) in [7, 11) is 0. The third kappa shape index (κ3) is 3.96. The molecular formula is C21H18Cl2N4O. The van der Waals surface area contributed by atoms with Gasteiger partial charge in [-0.3, -0.25) is 14.8 Å². The number of nitrogens with one attached hydrogen (secondary N) is 2. The Hall–Kier alpha value is -2.63. The second-order valence-corrected chi connectivity index (χ2v) is 7.43. The largest absolute Gasteiger partial charge is 0.384 e. The predicted molar refractivity (Wildman–Crippen MR) is 116 cm³/mol. The molecule has 5 nitrogen and oxygen atoms in total. The Bertz CT molecular complexity index is 1070. The molecule has 1 aromatic heterocycles. The van der Waals surface area contributed by atoms with Gasteiger partial charge in [-0.2, -0.15) is 0 Å². The van der Waals surface area contributed by atoms with Gasteiger partial charge in [0.25, 0.3) is 0 Å². The Morgan fingerprint density at radius 2 is 1.96 bits per heavy atom. The lowest BCUT2D eigenvalue weighted by Gasteiger charge is -2.09. The van der Waals surface area contributed by atoms with Crippen molar-refractivity contribution in [1.29, 1.82) is 0 Å². The van der Waals surface area contributed by atoms with E-state index in [1.165, 1.54) is 0 Å². The molecule has 2 aromatic carbocycles. The standard InChI is InChI=1S/C21H18Cl2N4O/c22-13-3-5-19-16(10-13)17(21(28)27-19)12-24-7-1-8-25-18-6-9-26-20-11-14(23)2-4-15(18)20/h2-6,9-12,17H,1,7-8H2,(H,25,26)(H,27,28). The van der Waals surface area contributed by atoms with Gasteiger partial charge in [-0.1, -0.05) is 23.2 Å². The van der Waals surface area contributed by atoms with E-state index >= 15 is 0 Å². The SMILES string of the molecule is O=C1Nc2ccc(Cl)cc2C1C=NCCCNc1ccnc2cc(Cl)ccc12. The summed E-state index contributed by atoms with van der Waals surface area (Å²) in [5.74, 6) is -0.448. The molecule has 1 unspecified atom stereocenters. The minimum atomic E-state index is -0.379. The number of hydrogen-bond acceptors (Lipinski definition) is 4. The third-order valence-electron chi connectivity index (χ3n) is 4.63. The van der Waals surface area contributed by atoms with Crippen LogP contribution in [0.15, 0.2) is 53.7 Å². The van der Waals surface area contributed by atoms with E-state index in [-0.39, 0.29) is 11.8 Å². The lowest BCUT2D eigenvalue weighted by molar-refractivity contribution is -0.115. The van der Waals surface area contributed by atoms with Crippen LogP contribution in [0, 0.1) is 0 Å². The molecule has 1 amide bonds. The Labute approximate surface area is 172 Å². The number of amides is 1. The van der Waals surface area contributed by atoms with Gasteiger partial charge in [-0.05, 0) is 54.4 Å². The van der Waals surface area contributed by atoms with Crippen molar-refractivity contribution < 1.29 is 4.79 Å². The van der Waals surface area contributed by atoms with Gasteiger partial charge in [0, 0.05) is 52.3 Å². The lowest BCUT2D eigenvalue weighted by atomic mass is 10.0. The second kappa shape index (κ2) is 8.17. The molecule has 2 heterocycles. The zero-order valence-electron chi connectivity index (χ0n) is 15.0. The van der Waals surface area contributed by atoms with E-state index in [0.29, 0.717) is 16.6 Å². The number of pyridine rings is 1. The first-order valence-electron chi connectivity index (χ1n) is 9.00. The van der Waals surface area contributed by atoms with Crippen LogP contribution in [0.4, 0.5) is 11.4 Å². The average Bonchev–Trinajstić information content (AvgIpc) is 2.99. The van der Waals surface area contributed by atoms with Crippen LogP contribution < -0.4 is 10.6 Å². The van der Waals surface area contributed by atoms with Gasteiger partial charge < -0.3 is 10.6 Å². The maximum absolute atomic E-state index is 12.1. The molecule has 0 saturated heterocycles. The maximum atomic E-state index is 12.1. The predicted octanol–water partition coefficient (Wildman–Crippen LogP) is 5.15. The molecule has 0 radical (unpaired) electrons. The van der Waals surface area contributed by atoms with Crippen LogP contribution in [0.3, 0.4) is 0 Å². The number of fused-ring (bicyclic) bond motifs is 2. The van der Waals surface area contributed by atoms with Crippen LogP contribution in [0.2, 0.25) is 10.0 Å². The Morgan fingerprint density at radius 3 is 2.86 bits per heavy atom. The number of halogens is 2. The van der Waals surface area contributed by atoms with Gasteiger partial charge in [0.05, 0.1) is 5.52 Å². The van der Waals surface area contributed by atoms with E-state index in [9.17, 15) is 4.79 Å². The van der Waals surface area contributed by atoms with Gasteiger partial charge >= 0.3 is 0 Å². The molecule has 1 aliphatic heterocycles. The molecule has 0 spiro atoms. The van der Waals surface area contributed by atoms with Crippen molar-refractivity contribution in [2.45, 2.75) is 12.3 Å². The van der Waals surface area contributed by atoms with Crippen LogP contribution in [-0.2, 0) is 4.79 Å². The van der Waals surface area contributed by atoms with Crippen molar-refractivity contribution in [3.63, 3.8) is 0 Å². The van der Waals surface area contributed by atoms with Crippen molar-refractivity contribution in [2.24, 2.45) is 4.99 Å². The van der Waals surface area contributed by atoms with Crippen LogP contribution in [0.25, 0.3) is 10.9 Å². The van der Waals surface area contributed by atoms with Crippen LogP contribution >= 0.6 is 23.2 Å². The maximum Gasteiger partial charge on any atom is 0.237 e. The molecule has 0 bridgehead atoms. The highest BCUT2D eigenvalue weighted by atomic mass is 35.5. The summed E-state index contributed by atoms with van der Waals surface area (Å²) in [6, 6.07) is 13.0. The van der Waals surface area contributed by atoms with Crippen molar-refractivity contribution in [1.82, 2.24) is 4.98 Å². The van der Waals surface area contributed by atoms with Gasteiger partial charge in [0.15, 0.2) is 0 Å². The van der Waals surface area contributed by atoms with Crippen molar-refractivity contribution in [2.75, 3.05) is 23.7 Å². The van der Waals surface area contributed by atoms with Crippen molar-refractivity contribution in [3.8, 4) is 0 Å². The average molecular weight is 413 g/mol. The molecule has 0 aliphatic carbocycles. The summed E-state index contributed by atoms with van der Waals surface area (Å²) in [6.45, 7) is 1.39. The number of anilines is 2. The third-order valence-corrected chi connectivity index (χ3v) is 5.10. The smallest absolute Gasteiger partial charge is 0.237 e. The fourth-order valence-electron chi connectivity index (χ4n) is 3.25. The molecular weight excluding hydrogens is 395 g/mol. The molecule has 28 heavy (non-hydrogen) atoms. The number of aromatic nitrogens is 1. The molecule has 1 atom stereocenters. The number of hydrogen-bond donors (Lipinski definition) is 2. The fraction of sp³-hybridized carbons (Fsp3) is 0.190. The van der Waals surface area contributed by atoms with E-state index in [4.69, 9.17) is 23.2 Å². The summed E-state index contributed by atoms with van der Waals surface area (Å²) in [5.41, 5.74) is 3.56. The number of nitrogens with zero attached hydrogens (tertiary/aromatic N) is 2. The molecule has 4 rings (SSSR count). The van der Waals surface area contributed by atoms with Crippen molar-refractivity contribution in [3.05, 3.63) is 64.3 Å². The number of benzene rings is 2. The van der Waals surface area contributed by atoms with Crippen LogP contribution in [0.5, 0.6) is 0 Å². The van der Waals surface area contributed by atoms with E-state index < -0.39 is 0 Å². The van der Waals surface area contributed by atoms with E-state index in [1.54, 1.807) is 18.5 Å². The van der Waals surface area contributed by atoms with E-state index in [1.807, 2.05) is 36.4 Å². The number of rotatable bonds is 6. The first-order chi connectivity index (χ1) is 13.6. The first-order valence-corrected chi connectivity index (χ1v) is 9.76. The second-order valence-electron chi connectivity index (χ2n) is 6.55. The zero-order valence-corrected chi connectivity index (χ0v) is 16.5. The molecule has 1 aliphatic rings. The van der Waals surface area contributed by atoms with Crippen LogP contribution in [-0.4, -0.2) is 30.2 Å². The summed E-state index contributed by atoms with van der Waals surface area (Å²) >= 11 is 12.1. The lowest BCUT2D eigenvalue weighted by Crippen LogP contribution is -2.13. The highest BCUT2D eigenvalue weighted by Gasteiger charge is 2.29. The van der Waals surface area contributed by atoms with Gasteiger partial charge in [0.2, 0.25) is 5.91 Å². The van der Waals surface area contributed by atoms with Crippen molar-refractivity contribution >= 4 is 57.6 Å². The summed E-state index contributed by atoms with van der Waals surface area (Å²) in [5, 5.41) is 8.59. The molecule has 2 N–H and O–H groups in total. The molecule has 0 fully saturated rings. The summed E-state index contributed by atoms with van der Waals surface area (Å²) < 4.78 is 0. The normalized spacial score (nSPS) is 15.8. The topological polar surface area (TPSA) is 66.4 Å². The Balaban J connectivity index is 1.32. The zero-order chi connectivity index (χ0) is 19.5. The monoisotopic (exact) mass is 412 g/mol. The summed E-state index contributed by atoms with van der Waals surface area (Å²) in [6.07, 6.45) is 4.31. The van der Waals surface area contributed by atoms with Gasteiger partial charge in [-0.15, -0.1) is 0 Å².